The number of anilines is 1. The van der Waals surface area contributed by atoms with Gasteiger partial charge in [0.15, 0.2) is 0 Å². The van der Waals surface area contributed by atoms with E-state index in [0.29, 0.717) is 12.4 Å². The molecule has 2 aromatic rings. The number of benzene rings is 1. The van der Waals surface area contributed by atoms with E-state index in [0.717, 1.165) is 11.1 Å². The molecule has 0 unspecified atom stereocenters. The number of nitrogens with two attached hydrogens (primary N) is 1. The van der Waals surface area contributed by atoms with E-state index in [1.165, 1.54) is 9.58 Å². The van der Waals surface area contributed by atoms with E-state index in [1.54, 1.807) is 7.05 Å². The van der Waals surface area contributed by atoms with Gasteiger partial charge in [-0.2, -0.15) is 9.97 Å². The van der Waals surface area contributed by atoms with Gasteiger partial charge in [-0.3, -0.25) is 9.58 Å². The molecule has 1 aromatic carbocycles. The lowest BCUT2D eigenvalue weighted by molar-refractivity contribution is 0.679. The van der Waals surface area contributed by atoms with Gasteiger partial charge in [0.2, 0.25) is 5.95 Å². The van der Waals surface area contributed by atoms with Gasteiger partial charge in [-0.05, 0) is 19.4 Å². The van der Waals surface area contributed by atoms with Crippen LogP contribution in [0, 0.1) is 6.92 Å². The first-order chi connectivity index (χ1) is 9.04. The van der Waals surface area contributed by atoms with Crippen LogP contribution in [-0.4, -0.2) is 21.6 Å². The van der Waals surface area contributed by atoms with E-state index >= 15 is 0 Å². The molecular weight excluding hydrogens is 242 g/mol. The SMILES string of the molecule is CCn1c(-c2ccccc2C)nc(N(C)N)nc1=O. The zero-order valence-corrected chi connectivity index (χ0v) is 11.3. The number of rotatable bonds is 3. The monoisotopic (exact) mass is 259 g/mol. The highest BCUT2D eigenvalue weighted by atomic mass is 16.1. The predicted molar refractivity (Wildman–Crippen MR) is 74.7 cm³/mol. The van der Waals surface area contributed by atoms with Gasteiger partial charge in [-0.15, -0.1) is 0 Å². The molecule has 6 nitrogen and oxygen atoms in total. The molecule has 2 N–H and O–H groups in total. The Morgan fingerprint density at radius 3 is 2.58 bits per heavy atom. The van der Waals surface area contributed by atoms with Gasteiger partial charge in [0.05, 0.1) is 0 Å². The van der Waals surface area contributed by atoms with Crippen LogP contribution in [0.15, 0.2) is 29.1 Å². The van der Waals surface area contributed by atoms with Crippen LogP contribution in [0.1, 0.15) is 12.5 Å². The van der Waals surface area contributed by atoms with Gasteiger partial charge in [0, 0.05) is 19.2 Å². The van der Waals surface area contributed by atoms with Crippen LogP contribution in [-0.2, 0) is 6.54 Å². The van der Waals surface area contributed by atoms with Crippen LogP contribution >= 0.6 is 0 Å². The van der Waals surface area contributed by atoms with Crippen LogP contribution in [0.2, 0.25) is 0 Å². The first-order valence-corrected chi connectivity index (χ1v) is 6.08. The number of hydrogen-bond acceptors (Lipinski definition) is 5. The smallest absolute Gasteiger partial charge is 0.282 e. The zero-order chi connectivity index (χ0) is 14.0. The number of nitrogens with zero attached hydrogens (tertiary/aromatic N) is 4. The molecule has 0 saturated carbocycles. The molecule has 0 fully saturated rings. The lowest BCUT2D eigenvalue weighted by Crippen LogP contribution is -2.33. The summed E-state index contributed by atoms with van der Waals surface area (Å²) in [4.78, 5) is 20.3. The van der Waals surface area contributed by atoms with Crippen LogP contribution in [0.4, 0.5) is 5.95 Å². The molecule has 19 heavy (non-hydrogen) atoms. The maximum absolute atomic E-state index is 12.0. The van der Waals surface area contributed by atoms with Crippen LogP contribution in [0.3, 0.4) is 0 Å². The van der Waals surface area contributed by atoms with Gasteiger partial charge in [-0.1, -0.05) is 24.3 Å². The third kappa shape index (κ3) is 2.48. The summed E-state index contributed by atoms with van der Waals surface area (Å²) in [7, 11) is 1.60. The van der Waals surface area contributed by atoms with Crippen molar-refractivity contribution in [2.75, 3.05) is 12.1 Å². The van der Waals surface area contributed by atoms with Gasteiger partial charge in [0.25, 0.3) is 0 Å². The first kappa shape index (κ1) is 13.2. The number of hydrazine groups is 1. The molecule has 0 bridgehead atoms. The fourth-order valence-electron chi connectivity index (χ4n) is 1.89. The van der Waals surface area contributed by atoms with Crippen molar-refractivity contribution in [2.45, 2.75) is 20.4 Å². The van der Waals surface area contributed by atoms with Crippen molar-refractivity contribution in [3.63, 3.8) is 0 Å². The molecule has 0 aliphatic rings. The molecule has 0 spiro atoms. The molecule has 100 valence electrons. The fourth-order valence-corrected chi connectivity index (χ4v) is 1.89. The molecule has 6 heteroatoms. The quantitative estimate of drug-likeness (QED) is 0.656. The molecule has 0 aliphatic carbocycles. The number of hydrogen-bond donors (Lipinski definition) is 1. The van der Waals surface area contributed by atoms with E-state index in [-0.39, 0.29) is 11.6 Å². The third-order valence-corrected chi connectivity index (χ3v) is 2.91. The summed E-state index contributed by atoms with van der Waals surface area (Å²) in [5, 5.41) is 1.24. The molecule has 0 aliphatic heterocycles. The standard InChI is InChI=1S/C13H17N5O/c1-4-18-11(10-8-6-5-7-9(10)2)15-12(17(3)14)16-13(18)19/h5-8H,4,14H2,1-3H3. The van der Waals surface area contributed by atoms with E-state index in [9.17, 15) is 4.79 Å². The second-order valence-corrected chi connectivity index (χ2v) is 4.30. The van der Waals surface area contributed by atoms with Crippen molar-refractivity contribution in [2.24, 2.45) is 5.84 Å². The molecule has 1 heterocycles. The average Bonchev–Trinajstić information content (AvgIpc) is 2.38. The van der Waals surface area contributed by atoms with E-state index in [2.05, 4.69) is 9.97 Å². The minimum absolute atomic E-state index is 0.216. The van der Waals surface area contributed by atoms with Crippen molar-refractivity contribution in [3.05, 3.63) is 40.3 Å². The Morgan fingerprint density at radius 2 is 2.00 bits per heavy atom. The average molecular weight is 259 g/mol. The Morgan fingerprint density at radius 1 is 1.32 bits per heavy atom. The normalized spacial score (nSPS) is 10.5. The Hall–Kier alpha value is -2.21. The predicted octanol–water partition coefficient (Wildman–Crippen LogP) is 0.944. The van der Waals surface area contributed by atoms with E-state index in [1.807, 2.05) is 38.1 Å². The fraction of sp³-hybridized carbons (Fsp3) is 0.308. The highest BCUT2D eigenvalue weighted by Crippen LogP contribution is 2.20. The van der Waals surface area contributed by atoms with Gasteiger partial charge >= 0.3 is 5.69 Å². The van der Waals surface area contributed by atoms with Gasteiger partial charge in [0.1, 0.15) is 5.82 Å². The third-order valence-electron chi connectivity index (χ3n) is 2.91. The van der Waals surface area contributed by atoms with Crippen molar-refractivity contribution < 1.29 is 0 Å². The second-order valence-electron chi connectivity index (χ2n) is 4.30. The largest absolute Gasteiger partial charge is 0.352 e. The van der Waals surface area contributed by atoms with Crippen LogP contribution in [0.25, 0.3) is 11.4 Å². The highest BCUT2D eigenvalue weighted by Gasteiger charge is 2.13. The lowest BCUT2D eigenvalue weighted by Gasteiger charge is -2.15. The summed E-state index contributed by atoms with van der Waals surface area (Å²) in [6, 6.07) is 7.78. The highest BCUT2D eigenvalue weighted by molar-refractivity contribution is 5.61. The minimum atomic E-state index is -0.344. The Balaban J connectivity index is 2.74. The molecule has 0 amide bonds. The van der Waals surface area contributed by atoms with E-state index < -0.39 is 0 Å². The Bertz CT molecular complexity index is 648. The minimum Gasteiger partial charge on any atom is -0.282 e. The lowest BCUT2D eigenvalue weighted by atomic mass is 10.1. The number of aryl methyl sites for hydroxylation is 1. The van der Waals surface area contributed by atoms with Crippen molar-refractivity contribution in [1.29, 1.82) is 0 Å². The topological polar surface area (TPSA) is 77.0 Å². The second kappa shape index (κ2) is 5.19. The Kier molecular flexibility index (Phi) is 3.62. The van der Waals surface area contributed by atoms with E-state index in [4.69, 9.17) is 5.84 Å². The zero-order valence-electron chi connectivity index (χ0n) is 11.3. The molecule has 1 aromatic heterocycles. The molecule has 0 atom stereocenters. The summed E-state index contributed by atoms with van der Waals surface area (Å²) in [6.07, 6.45) is 0. The summed E-state index contributed by atoms with van der Waals surface area (Å²) in [5.41, 5.74) is 1.61. The van der Waals surface area contributed by atoms with Crippen LogP contribution in [0.5, 0.6) is 0 Å². The summed E-state index contributed by atoms with van der Waals surface area (Å²) >= 11 is 0. The van der Waals surface area contributed by atoms with Crippen molar-refractivity contribution in [1.82, 2.24) is 14.5 Å². The maximum Gasteiger partial charge on any atom is 0.352 e. The van der Waals surface area contributed by atoms with Gasteiger partial charge < -0.3 is 0 Å². The maximum atomic E-state index is 12.0. The van der Waals surface area contributed by atoms with Crippen molar-refractivity contribution in [3.8, 4) is 11.4 Å². The molecule has 0 saturated heterocycles. The Labute approximate surface area is 111 Å². The summed E-state index contributed by atoms with van der Waals surface area (Å²) < 4.78 is 1.54. The molecular formula is C13H17N5O. The number of aromatic nitrogens is 3. The van der Waals surface area contributed by atoms with Crippen LogP contribution < -0.4 is 16.5 Å². The molecule has 2 rings (SSSR count). The molecule has 0 radical (unpaired) electrons. The van der Waals surface area contributed by atoms with Crippen molar-refractivity contribution >= 4 is 5.95 Å². The summed E-state index contributed by atoms with van der Waals surface area (Å²) in [5.74, 6) is 6.43. The first-order valence-electron chi connectivity index (χ1n) is 6.08. The van der Waals surface area contributed by atoms with Gasteiger partial charge in [-0.25, -0.2) is 10.6 Å². The summed E-state index contributed by atoms with van der Waals surface area (Å²) in [6.45, 7) is 4.38.